The van der Waals surface area contributed by atoms with Crippen molar-refractivity contribution in [1.82, 2.24) is 4.31 Å². The lowest BCUT2D eigenvalue weighted by atomic mass is 10.2. The van der Waals surface area contributed by atoms with Gasteiger partial charge in [0.25, 0.3) is 0 Å². The molecule has 1 aromatic rings. The van der Waals surface area contributed by atoms with Gasteiger partial charge >= 0.3 is 5.97 Å². The molecule has 0 bridgehead atoms. The topological polar surface area (TPSA) is 98.5 Å². The van der Waals surface area contributed by atoms with Crippen LogP contribution in [0.3, 0.4) is 0 Å². The summed E-state index contributed by atoms with van der Waals surface area (Å²) in [6.07, 6.45) is 0. The Morgan fingerprint density at radius 1 is 1.52 bits per heavy atom. The number of halogens is 1. The van der Waals surface area contributed by atoms with Crippen molar-refractivity contribution in [1.29, 1.82) is 5.26 Å². The molecule has 1 N–H and O–H groups in total. The lowest BCUT2D eigenvalue weighted by Crippen LogP contribution is -2.50. The van der Waals surface area contributed by atoms with Gasteiger partial charge in [0.1, 0.15) is 17.0 Å². The van der Waals surface area contributed by atoms with E-state index in [2.05, 4.69) is 0 Å². The van der Waals surface area contributed by atoms with E-state index in [0.717, 1.165) is 4.31 Å². The fourth-order valence-corrected chi connectivity index (χ4v) is 5.24. The van der Waals surface area contributed by atoms with Gasteiger partial charge in [0.05, 0.1) is 5.56 Å². The molecular weight excluding hydrogens is 336 g/mol. The molecule has 1 atom stereocenters. The van der Waals surface area contributed by atoms with Crippen LogP contribution in [0, 0.1) is 11.3 Å². The number of hydrogen-bond acceptors (Lipinski definition) is 5. The second-order valence-corrected chi connectivity index (χ2v) is 7.74. The van der Waals surface area contributed by atoms with Crippen LogP contribution in [0.2, 0.25) is 5.02 Å². The van der Waals surface area contributed by atoms with E-state index < -0.39 is 22.0 Å². The largest absolute Gasteiger partial charge is 0.480 e. The summed E-state index contributed by atoms with van der Waals surface area (Å²) >= 11 is 7.19. The molecule has 112 valence electrons. The SMILES string of the molecule is N#Cc1ccc(Cl)cc1S(=O)(=O)N1CCSCC1C(=O)O. The molecule has 6 nitrogen and oxygen atoms in total. The van der Waals surface area contributed by atoms with Crippen LogP contribution in [0.1, 0.15) is 5.56 Å². The number of nitrogens with zero attached hydrogens (tertiary/aromatic N) is 2. The second-order valence-electron chi connectivity index (χ2n) is 4.30. The third kappa shape index (κ3) is 3.16. The number of carboxylic acids is 1. The first kappa shape index (κ1) is 16.1. The van der Waals surface area contributed by atoms with Gasteiger partial charge in [-0.3, -0.25) is 4.79 Å². The maximum Gasteiger partial charge on any atom is 0.322 e. The van der Waals surface area contributed by atoms with Gasteiger partial charge in [-0.2, -0.15) is 21.3 Å². The van der Waals surface area contributed by atoms with Crippen LogP contribution in [0.15, 0.2) is 23.1 Å². The number of hydrogen-bond donors (Lipinski definition) is 1. The predicted octanol–water partition coefficient (Wildman–Crippen LogP) is 1.40. The van der Waals surface area contributed by atoms with Gasteiger partial charge in [0, 0.05) is 23.1 Å². The normalized spacial score (nSPS) is 19.9. The maximum atomic E-state index is 12.7. The van der Waals surface area contributed by atoms with Crippen molar-refractivity contribution >= 4 is 39.4 Å². The van der Waals surface area contributed by atoms with E-state index in [1.807, 2.05) is 0 Å². The first-order valence-electron chi connectivity index (χ1n) is 5.90. The Morgan fingerprint density at radius 3 is 2.86 bits per heavy atom. The van der Waals surface area contributed by atoms with Crippen LogP contribution in [0.4, 0.5) is 0 Å². The molecule has 0 spiro atoms. The summed E-state index contributed by atoms with van der Waals surface area (Å²) in [6.45, 7) is 0.0847. The number of carboxylic acid groups (broad SMARTS) is 1. The predicted molar refractivity (Wildman–Crippen MR) is 78.8 cm³/mol. The van der Waals surface area contributed by atoms with Crippen molar-refractivity contribution in [3.8, 4) is 6.07 Å². The van der Waals surface area contributed by atoms with Gasteiger partial charge < -0.3 is 5.11 Å². The summed E-state index contributed by atoms with van der Waals surface area (Å²) in [6, 6.07) is 4.56. The summed E-state index contributed by atoms with van der Waals surface area (Å²) in [5, 5.41) is 18.4. The van der Waals surface area contributed by atoms with Gasteiger partial charge in [-0.15, -0.1) is 0 Å². The van der Waals surface area contributed by atoms with Gasteiger partial charge in [0.15, 0.2) is 0 Å². The average Bonchev–Trinajstić information content (AvgIpc) is 2.47. The first-order chi connectivity index (χ1) is 9.87. The molecule has 1 fully saturated rings. The number of benzene rings is 1. The highest BCUT2D eigenvalue weighted by Gasteiger charge is 2.39. The summed E-state index contributed by atoms with van der Waals surface area (Å²) in [5.41, 5.74) is -0.0539. The summed E-state index contributed by atoms with van der Waals surface area (Å²) < 4.78 is 26.3. The van der Waals surface area contributed by atoms with Crippen molar-refractivity contribution in [2.24, 2.45) is 0 Å². The van der Waals surface area contributed by atoms with Crippen molar-refractivity contribution in [3.05, 3.63) is 28.8 Å². The Kier molecular flexibility index (Phi) is 4.78. The highest BCUT2D eigenvalue weighted by molar-refractivity contribution is 7.99. The zero-order chi connectivity index (χ0) is 15.6. The Labute approximate surface area is 131 Å². The highest BCUT2D eigenvalue weighted by Crippen LogP contribution is 2.28. The number of thioether (sulfide) groups is 1. The van der Waals surface area contributed by atoms with Crippen LogP contribution in [0.5, 0.6) is 0 Å². The molecule has 2 rings (SSSR count). The smallest absolute Gasteiger partial charge is 0.322 e. The Hall–Kier alpha value is -1.27. The second kappa shape index (κ2) is 6.23. The van der Waals surface area contributed by atoms with E-state index in [1.165, 1.54) is 30.0 Å². The third-order valence-electron chi connectivity index (χ3n) is 3.02. The summed E-state index contributed by atoms with van der Waals surface area (Å²) in [4.78, 5) is 11.0. The van der Waals surface area contributed by atoms with Crippen LogP contribution < -0.4 is 0 Å². The number of rotatable bonds is 3. The van der Waals surface area contributed by atoms with Gasteiger partial charge in [-0.1, -0.05) is 11.6 Å². The van der Waals surface area contributed by atoms with Crippen LogP contribution in [0.25, 0.3) is 0 Å². The molecule has 1 aliphatic heterocycles. The molecule has 0 saturated carbocycles. The third-order valence-corrected chi connectivity index (χ3v) is 6.22. The number of carbonyl (C=O) groups is 1. The maximum absolute atomic E-state index is 12.7. The molecule has 0 aliphatic carbocycles. The van der Waals surface area contributed by atoms with E-state index in [-0.39, 0.29) is 27.8 Å². The van der Waals surface area contributed by atoms with Crippen LogP contribution in [-0.4, -0.2) is 47.9 Å². The quantitative estimate of drug-likeness (QED) is 0.888. The van der Waals surface area contributed by atoms with Crippen molar-refractivity contribution in [3.63, 3.8) is 0 Å². The Bertz CT molecular complexity index is 714. The zero-order valence-electron chi connectivity index (χ0n) is 10.7. The minimum absolute atomic E-state index is 0.0539. The molecule has 1 saturated heterocycles. The number of aliphatic carboxylic acids is 1. The van der Waals surface area contributed by atoms with Crippen molar-refractivity contribution in [2.75, 3.05) is 18.1 Å². The first-order valence-corrected chi connectivity index (χ1v) is 8.87. The van der Waals surface area contributed by atoms with E-state index in [1.54, 1.807) is 6.07 Å². The van der Waals surface area contributed by atoms with Crippen molar-refractivity contribution < 1.29 is 18.3 Å². The standard InChI is InChI=1S/C12H11ClN2O4S2/c13-9-2-1-8(6-14)11(5-9)21(18,19)15-3-4-20-7-10(15)12(16)17/h1-2,5,10H,3-4,7H2,(H,16,17). The fraction of sp³-hybridized carbons (Fsp3) is 0.333. The molecule has 0 amide bonds. The van der Waals surface area contributed by atoms with Gasteiger partial charge in [-0.05, 0) is 18.2 Å². The minimum atomic E-state index is -4.09. The molecule has 0 radical (unpaired) electrons. The lowest BCUT2D eigenvalue weighted by molar-refractivity contribution is -0.140. The molecule has 1 unspecified atom stereocenters. The van der Waals surface area contributed by atoms with Crippen LogP contribution >= 0.6 is 23.4 Å². The molecule has 1 aliphatic rings. The summed E-state index contributed by atoms with van der Waals surface area (Å²) in [7, 11) is -4.09. The highest BCUT2D eigenvalue weighted by atomic mass is 35.5. The molecule has 0 aromatic heterocycles. The average molecular weight is 347 g/mol. The monoisotopic (exact) mass is 346 g/mol. The number of nitriles is 1. The lowest BCUT2D eigenvalue weighted by Gasteiger charge is -2.31. The Morgan fingerprint density at radius 2 is 2.24 bits per heavy atom. The molecule has 21 heavy (non-hydrogen) atoms. The number of sulfonamides is 1. The minimum Gasteiger partial charge on any atom is -0.480 e. The summed E-state index contributed by atoms with van der Waals surface area (Å²) in [5.74, 6) is -0.519. The molecule has 9 heteroatoms. The van der Waals surface area contributed by atoms with Gasteiger partial charge in [0.2, 0.25) is 10.0 Å². The van der Waals surface area contributed by atoms with Crippen LogP contribution in [-0.2, 0) is 14.8 Å². The zero-order valence-corrected chi connectivity index (χ0v) is 13.1. The Balaban J connectivity index is 2.53. The molecule has 1 heterocycles. The fourth-order valence-electron chi connectivity index (χ4n) is 2.00. The van der Waals surface area contributed by atoms with E-state index in [9.17, 15) is 18.3 Å². The van der Waals surface area contributed by atoms with E-state index in [0.29, 0.717) is 5.75 Å². The van der Waals surface area contributed by atoms with Gasteiger partial charge in [-0.25, -0.2) is 8.42 Å². The van der Waals surface area contributed by atoms with Crippen molar-refractivity contribution in [2.45, 2.75) is 10.9 Å². The van der Waals surface area contributed by atoms with E-state index in [4.69, 9.17) is 16.9 Å². The molecular formula is C12H11ClN2O4S2. The van der Waals surface area contributed by atoms with E-state index >= 15 is 0 Å². The molecule has 1 aromatic carbocycles.